The maximum Gasteiger partial charge on any atom is 0.308 e. The fourth-order valence-corrected chi connectivity index (χ4v) is 7.04. The van der Waals surface area contributed by atoms with E-state index in [1.807, 2.05) is 23.1 Å². The van der Waals surface area contributed by atoms with Gasteiger partial charge in [-0.3, -0.25) is 9.89 Å². The molecule has 41 heavy (non-hydrogen) atoms. The normalized spacial score (nSPS) is 24.1. The van der Waals surface area contributed by atoms with E-state index in [1.54, 1.807) is 6.07 Å². The summed E-state index contributed by atoms with van der Waals surface area (Å²) in [5, 5.41) is 21.6. The van der Waals surface area contributed by atoms with E-state index in [-0.39, 0.29) is 29.3 Å². The molecule has 4 fully saturated rings. The first kappa shape index (κ1) is 25.9. The maximum absolute atomic E-state index is 16.4. The van der Waals surface area contributed by atoms with E-state index < -0.39 is 23.7 Å². The smallest absolute Gasteiger partial charge is 0.308 e. The molecule has 12 heteroatoms. The molecule has 4 aliphatic rings. The number of para-hydroxylation sites is 1. The molecule has 0 amide bonds. The van der Waals surface area contributed by atoms with Crippen LogP contribution in [0.2, 0.25) is 5.02 Å². The van der Waals surface area contributed by atoms with Gasteiger partial charge in [0, 0.05) is 44.1 Å². The molecule has 8 rings (SSSR count). The molecule has 2 bridgehead atoms. The van der Waals surface area contributed by atoms with Crippen molar-refractivity contribution in [2.45, 2.75) is 31.7 Å². The van der Waals surface area contributed by atoms with Crippen LogP contribution in [0.25, 0.3) is 22.6 Å². The number of carbonyl (C=O) groups is 1. The molecule has 3 aromatic heterocycles. The monoisotopic (exact) mass is 576 g/mol. The zero-order valence-electron chi connectivity index (χ0n) is 22.3. The number of nitrogens with one attached hydrogen (secondary N) is 2. The third-order valence-electron chi connectivity index (χ3n) is 8.94. The third-order valence-corrected chi connectivity index (χ3v) is 9.15. The first-order valence-electron chi connectivity index (χ1n) is 14.1. The molecule has 0 radical (unpaired) electrons. The minimum Gasteiger partial charge on any atom is -0.481 e. The molecule has 212 valence electrons. The molecule has 1 aromatic carbocycles. The highest BCUT2D eigenvalue weighted by Crippen LogP contribution is 2.46. The Kier molecular flexibility index (Phi) is 6.61. The van der Waals surface area contributed by atoms with Crippen LogP contribution < -0.4 is 15.1 Å². The van der Waals surface area contributed by atoms with E-state index in [1.165, 1.54) is 6.20 Å². The summed E-state index contributed by atoms with van der Waals surface area (Å²) in [6.07, 6.45) is 5.14. The number of rotatable bonds is 6. The molecular weight excluding hydrogens is 547 g/mol. The molecule has 1 saturated heterocycles. The Morgan fingerprint density at radius 3 is 2.46 bits per heavy atom. The maximum atomic E-state index is 16.4. The first-order chi connectivity index (χ1) is 20.0. The number of aromatic amines is 1. The largest absolute Gasteiger partial charge is 0.481 e. The number of benzene rings is 1. The number of pyridine rings is 1. The number of hydrogen-bond acceptors (Lipinski definition) is 8. The summed E-state index contributed by atoms with van der Waals surface area (Å²) in [7, 11) is 0. The molecule has 10 nitrogen and oxygen atoms in total. The van der Waals surface area contributed by atoms with E-state index in [0.29, 0.717) is 47.9 Å². The van der Waals surface area contributed by atoms with Gasteiger partial charge in [-0.1, -0.05) is 29.8 Å². The van der Waals surface area contributed by atoms with Gasteiger partial charge in [0.2, 0.25) is 5.82 Å². The second-order valence-electron chi connectivity index (χ2n) is 11.2. The van der Waals surface area contributed by atoms with E-state index >= 15 is 4.39 Å². The lowest BCUT2D eigenvalue weighted by Crippen LogP contribution is -2.51. The van der Waals surface area contributed by atoms with Gasteiger partial charge in [-0.25, -0.2) is 15.0 Å². The number of hydrogen-bond donors (Lipinski definition) is 3. The number of carboxylic acids is 1. The van der Waals surface area contributed by atoms with Gasteiger partial charge in [0.1, 0.15) is 5.69 Å². The minimum absolute atomic E-state index is 0.0111. The van der Waals surface area contributed by atoms with Gasteiger partial charge in [-0.05, 0) is 55.7 Å². The topological polar surface area (TPSA) is 123 Å². The van der Waals surface area contributed by atoms with Crippen molar-refractivity contribution in [1.29, 1.82) is 0 Å². The fraction of sp³-hybridized carbons (Fsp3) is 0.414. The number of nitrogens with zero attached hydrogens (tertiary/aromatic N) is 6. The number of aliphatic carboxylic acids is 1. The molecule has 4 aromatic rings. The molecule has 4 heterocycles. The van der Waals surface area contributed by atoms with Crippen molar-refractivity contribution in [3.63, 3.8) is 0 Å². The van der Waals surface area contributed by atoms with Crippen molar-refractivity contribution < 1.29 is 14.3 Å². The predicted molar refractivity (Wildman–Crippen MR) is 155 cm³/mol. The first-order valence-corrected chi connectivity index (χ1v) is 14.5. The number of piperazine rings is 1. The van der Waals surface area contributed by atoms with Gasteiger partial charge in [0.15, 0.2) is 23.1 Å². The molecule has 1 aliphatic heterocycles. The Balaban J connectivity index is 1.27. The van der Waals surface area contributed by atoms with Crippen molar-refractivity contribution in [2.75, 3.05) is 41.3 Å². The van der Waals surface area contributed by atoms with Crippen LogP contribution in [0.4, 0.5) is 21.7 Å². The van der Waals surface area contributed by atoms with Crippen LogP contribution in [0, 0.1) is 23.6 Å². The standard InChI is InChI=1S/C29H30ClFN8O2/c30-18-14-20-24(36-37-25(20)32-15-18)27-34-26(33-23-17-8-6-16(7-9-17)21(23)29(40)41)22(31)28(35-27)39-12-10-38(11-13-39)19-4-2-1-3-5-19/h1-5,14-17,21,23H,6-13H2,(H,40,41)(H,32,36,37)(H,33,34,35). The quantitative estimate of drug-likeness (QED) is 0.296. The summed E-state index contributed by atoms with van der Waals surface area (Å²) in [5.41, 5.74) is 2.04. The summed E-state index contributed by atoms with van der Waals surface area (Å²) in [4.78, 5) is 30.1. The summed E-state index contributed by atoms with van der Waals surface area (Å²) < 4.78 is 16.4. The van der Waals surface area contributed by atoms with E-state index in [2.05, 4.69) is 42.5 Å². The Labute approximate surface area is 241 Å². The number of fused-ring (bicyclic) bond motifs is 4. The average molecular weight is 577 g/mol. The zero-order chi connectivity index (χ0) is 28.1. The Morgan fingerprint density at radius 1 is 1.02 bits per heavy atom. The summed E-state index contributed by atoms with van der Waals surface area (Å²) in [6.45, 7) is 2.52. The van der Waals surface area contributed by atoms with E-state index in [9.17, 15) is 9.90 Å². The second-order valence-corrected chi connectivity index (χ2v) is 11.6. The number of H-pyrrole nitrogens is 1. The lowest BCUT2D eigenvalue weighted by atomic mass is 9.61. The molecule has 3 N–H and O–H groups in total. The van der Waals surface area contributed by atoms with Crippen molar-refractivity contribution in [3.05, 3.63) is 53.4 Å². The summed E-state index contributed by atoms with van der Waals surface area (Å²) in [5.74, 6) is -1.35. The number of halogens is 2. The van der Waals surface area contributed by atoms with Crippen LogP contribution in [0.15, 0.2) is 42.6 Å². The van der Waals surface area contributed by atoms with Crippen molar-refractivity contribution in [2.24, 2.45) is 17.8 Å². The molecule has 0 spiro atoms. The highest BCUT2D eigenvalue weighted by Gasteiger charge is 2.47. The van der Waals surface area contributed by atoms with Gasteiger partial charge < -0.3 is 20.2 Å². The zero-order valence-corrected chi connectivity index (χ0v) is 23.1. The Morgan fingerprint density at radius 2 is 1.73 bits per heavy atom. The molecular formula is C29H30ClFN8O2. The number of aromatic nitrogens is 5. The molecule has 3 aliphatic carbocycles. The Hall–Kier alpha value is -3.99. The van der Waals surface area contributed by atoms with Crippen molar-refractivity contribution in [1.82, 2.24) is 25.1 Å². The van der Waals surface area contributed by atoms with Gasteiger partial charge >= 0.3 is 5.97 Å². The van der Waals surface area contributed by atoms with Gasteiger partial charge in [-0.2, -0.15) is 9.49 Å². The van der Waals surface area contributed by atoms with Gasteiger partial charge in [0.25, 0.3) is 0 Å². The number of carboxylic acid groups (broad SMARTS) is 1. The lowest BCUT2D eigenvalue weighted by molar-refractivity contribution is -0.148. The SMILES string of the molecule is O=C(O)C1C2CCC(CC2)C1Nc1nc(-c2[nH]nc3ncc(Cl)cc23)nc(N2CCN(c3ccccc3)CC2)c1F. The van der Waals surface area contributed by atoms with E-state index in [0.717, 1.165) is 31.4 Å². The van der Waals surface area contributed by atoms with Crippen LogP contribution in [-0.2, 0) is 4.79 Å². The summed E-state index contributed by atoms with van der Waals surface area (Å²) >= 11 is 6.23. The minimum atomic E-state index is -0.843. The average Bonchev–Trinajstić information content (AvgIpc) is 3.42. The highest BCUT2D eigenvalue weighted by atomic mass is 35.5. The molecule has 3 saturated carbocycles. The van der Waals surface area contributed by atoms with Crippen LogP contribution >= 0.6 is 11.6 Å². The van der Waals surface area contributed by atoms with E-state index in [4.69, 9.17) is 16.6 Å². The summed E-state index contributed by atoms with van der Waals surface area (Å²) in [6, 6.07) is 11.5. The highest BCUT2D eigenvalue weighted by molar-refractivity contribution is 6.31. The van der Waals surface area contributed by atoms with Crippen LogP contribution in [-0.4, -0.2) is 68.4 Å². The third kappa shape index (κ3) is 4.71. The van der Waals surface area contributed by atoms with Gasteiger partial charge in [0.05, 0.1) is 16.3 Å². The molecule has 2 unspecified atom stereocenters. The van der Waals surface area contributed by atoms with Crippen LogP contribution in [0.3, 0.4) is 0 Å². The van der Waals surface area contributed by atoms with Crippen molar-refractivity contribution in [3.8, 4) is 11.5 Å². The van der Waals surface area contributed by atoms with Crippen LogP contribution in [0.1, 0.15) is 25.7 Å². The lowest BCUT2D eigenvalue weighted by Gasteiger charge is -2.47. The Bertz CT molecular complexity index is 1580. The predicted octanol–water partition coefficient (Wildman–Crippen LogP) is 4.84. The second kappa shape index (κ2) is 10.4. The number of anilines is 3. The molecule has 2 atom stereocenters. The van der Waals surface area contributed by atoms with Crippen molar-refractivity contribution >= 4 is 45.9 Å². The van der Waals surface area contributed by atoms with Gasteiger partial charge in [-0.15, -0.1) is 0 Å². The van der Waals surface area contributed by atoms with Crippen LogP contribution in [0.5, 0.6) is 0 Å². The fourth-order valence-electron chi connectivity index (χ4n) is 6.88.